The lowest BCUT2D eigenvalue weighted by Crippen LogP contribution is -1.92. The zero-order chi connectivity index (χ0) is 8.27. The molecular weight excluding hydrogens is 156 g/mol. The van der Waals surface area contributed by atoms with Crippen molar-refractivity contribution in [2.75, 3.05) is 0 Å². The maximum absolute atomic E-state index is 11.1. The van der Waals surface area contributed by atoms with Crippen molar-refractivity contribution in [2.24, 2.45) is 0 Å². The summed E-state index contributed by atoms with van der Waals surface area (Å²) in [7, 11) is 0. The minimum Gasteiger partial charge on any atom is -0.292 e. The van der Waals surface area contributed by atoms with Crippen LogP contribution in [0.5, 0.6) is 0 Å². The van der Waals surface area contributed by atoms with Crippen molar-refractivity contribution in [1.82, 2.24) is 0 Å². The van der Waals surface area contributed by atoms with E-state index in [1.807, 2.05) is 18.4 Å². The van der Waals surface area contributed by atoms with Crippen LogP contribution in [0.15, 0.2) is 11.4 Å². The Balaban J connectivity index is 2.78. The van der Waals surface area contributed by atoms with Gasteiger partial charge in [-0.3, -0.25) is 4.79 Å². The standard InChI is InChI=1S/C9H8OS/c1-3-4-8(10)9-5-7(2)6-11-9/h1,5-6H,4H2,2H3. The number of ketones is 1. The third-order valence-corrected chi connectivity index (χ3v) is 2.36. The molecule has 1 nitrogen and oxygen atoms in total. The zero-order valence-electron chi connectivity index (χ0n) is 6.26. The van der Waals surface area contributed by atoms with Crippen LogP contribution in [0.2, 0.25) is 0 Å². The zero-order valence-corrected chi connectivity index (χ0v) is 7.07. The number of terminal acetylenes is 1. The second-order valence-electron chi connectivity index (χ2n) is 2.29. The molecule has 0 atom stereocenters. The van der Waals surface area contributed by atoms with Crippen LogP contribution < -0.4 is 0 Å². The van der Waals surface area contributed by atoms with E-state index < -0.39 is 0 Å². The van der Waals surface area contributed by atoms with Crippen LogP contribution >= 0.6 is 11.3 Å². The molecule has 0 bridgehead atoms. The molecule has 1 aromatic heterocycles. The molecular formula is C9H8OS. The number of carbonyl (C=O) groups excluding carboxylic acids is 1. The van der Waals surface area contributed by atoms with Gasteiger partial charge in [0.2, 0.25) is 0 Å². The minimum absolute atomic E-state index is 0.0469. The van der Waals surface area contributed by atoms with Gasteiger partial charge in [0, 0.05) is 0 Å². The average molecular weight is 164 g/mol. The van der Waals surface area contributed by atoms with Gasteiger partial charge >= 0.3 is 0 Å². The highest BCUT2D eigenvalue weighted by Gasteiger charge is 2.04. The Morgan fingerprint density at radius 1 is 1.82 bits per heavy atom. The second-order valence-corrected chi connectivity index (χ2v) is 3.20. The Labute approximate surface area is 70.1 Å². The molecule has 0 unspecified atom stereocenters. The van der Waals surface area contributed by atoms with Crippen molar-refractivity contribution in [1.29, 1.82) is 0 Å². The third-order valence-electron chi connectivity index (χ3n) is 1.27. The Morgan fingerprint density at radius 3 is 3.00 bits per heavy atom. The highest BCUT2D eigenvalue weighted by atomic mass is 32.1. The first-order valence-corrected chi connectivity index (χ1v) is 4.14. The number of aryl methyl sites for hydroxylation is 1. The molecule has 0 radical (unpaired) electrons. The minimum atomic E-state index is 0.0469. The molecule has 1 aromatic rings. The molecule has 11 heavy (non-hydrogen) atoms. The summed E-state index contributed by atoms with van der Waals surface area (Å²) >= 11 is 1.45. The molecule has 0 amide bonds. The first kappa shape index (κ1) is 8.03. The lowest BCUT2D eigenvalue weighted by Gasteiger charge is -1.86. The van der Waals surface area contributed by atoms with Crippen LogP contribution in [-0.2, 0) is 0 Å². The first-order valence-electron chi connectivity index (χ1n) is 3.26. The largest absolute Gasteiger partial charge is 0.292 e. The van der Waals surface area contributed by atoms with E-state index in [1.165, 1.54) is 11.3 Å². The number of Topliss-reactive ketones (excluding diaryl/α,β-unsaturated/α-hetero) is 1. The van der Waals surface area contributed by atoms with Gasteiger partial charge in [0.15, 0.2) is 5.78 Å². The molecule has 0 fully saturated rings. The summed E-state index contributed by atoms with van der Waals surface area (Å²) < 4.78 is 0. The van der Waals surface area contributed by atoms with Gasteiger partial charge in [-0.2, -0.15) is 0 Å². The number of rotatable bonds is 2. The van der Waals surface area contributed by atoms with Gasteiger partial charge in [-0.05, 0) is 23.9 Å². The molecule has 0 saturated heterocycles. The number of hydrogen-bond donors (Lipinski definition) is 0. The van der Waals surface area contributed by atoms with Crippen LogP contribution in [-0.4, -0.2) is 5.78 Å². The number of carbonyl (C=O) groups is 1. The third kappa shape index (κ3) is 1.92. The first-order chi connectivity index (χ1) is 5.24. The monoisotopic (exact) mass is 164 g/mol. The van der Waals surface area contributed by atoms with E-state index in [1.54, 1.807) is 0 Å². The van der Waals surface area contributed by atoms with Gasteiger partial charge in [0.25, 0.3) is 0 Å². The van der Waals surface area contributed by atoms with Gasteiger partial charge in [-0.25, -0.2) is 0 Å². The fraction of sp³-hybridized carbons (Fsp3) is 0.222. The Bertz CT molecular complexity index is 304. The second kappa shape index (κ2) is 3.36. The number of hydrogen-bond acceptors (Lipinski definition) is 2. The molecule has 0 aliphatic carbocycles. The van der Waals surface area contributed by atoms with Crippen LogP contribution in [0.1, 0.15) is 21.7 Å². The fourth-order valence-electron chi connectivity index (χ4n) is 0.757. The summed E-state index contributed by atoms with van der Waals surface area (Å²) in [5.41, 5.74) is 1.12. The van der Waals surface area contributed by atoms with E-state index in [2.05, 4.69) is 5.92 Å². The lowest BCUT2D eigenvalue weighted by molar-refractivity contribution is 0.100. The van der Waals surface area contributed by atoms with Crippen molar-refractivity contribution in [3.8, 4) is 12.3 Å². The normalized spacial score (nSPS) is 9.09. The van der Waals surface area contributed by atoms with Gasteiger partial charge in [-0.15, -0.1) is 17.8 Å². The predicted octanol–water partition coefficient (Wildman–Crippen LogP) is 2.26. The van der Waals surface area contributed by atoms with Crippen molar-refractivity contribution >= 4 is 17.1 Å². The van der Waals surface area contributed by atoms with Crippen LogP contribution in [0.25, 0.3) is 0 Å². The maximum atomic E-state index is 11.1. The summed E-state index contributed by atoms with van der Waals surface area (Å²) in [5.74, 6) is 2.38. The molecule has 0 aromatic carbocycles. The summed E-state index contributed by atoms with van der Waals surface area (Å²) in [5, 5.41) is 1.95. The van der Waals surface area contributed by atoms with Crippen LogP contribution in [0, 0.1) is 19.3 Å². The van der Waals surface area contributed by atoms with Crippen molar-refractivity contribution in [3.05, 3.63) is 21.9 Å². The van der Waals surface area contributed by atoms with Crippen LogP contribution in [0.3, 0.4) is 0 Å². The van der Waals surface area contributed by atoms with Gasteiger partial charge < -0.3 is 0 Å². The fourth-order valence-corrected chi connectivity index (χ4v) is 1.60. The topological polar surface area (TPSA) is 17.1 Å². The SMILES string of the molecule is C#CCC(=O)c1cc(C)cs1. The Kier molecular flexibility index (Phi) is 2.45. The average Bonchev–Trinajstić information content (AvgIpc) is 2.36. The van der Waals surface area contributed by atoms with Gasteiger partial charge in [0.05, 0.1) is 11.3 Å². The molecule has 56 valence electrons. The molecule has 0 spiro atoms. The molecule has 0 N–H and O–H groups in total. The maximum Gasteiger partial charge on any atom is 0.184 e. The Morgan fingerprint density at radius 2 is 2.55 bits per heavy atom. The van der Waals surface area contributed by atoms with E-state index in [9.17, 15) is 4.79 Å². The lowest BCUT2D eigenvalue weighted by atomic mass is 10.2. The molecule has 0 aliphatic rings. The van der Waals surface area contributed by atoms with E-state index in [-0.39, 0.29) is 12.2 Å². The van der Waals surface area contributed by atoms with Crippen molar-refractivity contribution in [3.63, 3.8) is 0 Å². The van der Waals surface area contributed by atoms with Gasteiger partial charge in [0.1, 0.15) is 0 Å². The highest BCUT2D eigenvalue weighted by Crippen LogP contribution is 2.14. The summed E-state index contributed by atoms with van der Waals surface area (Å²) in [4.78, 5) is 11.9. The molecule has 0 saturated carbocycles. The van der Waals surface area contributed by atoms with E-state index in [0.717, 1.165) is 10.4 Å². The van der Waals surface area contributed by atoms with Crippen molar-refractivity contribution in [2.45, 2.75) is 13.3 Å². The van der Waals surface area contributed by atoms with Crippen molar-refractivity contribution < 1.29 is 4.79 Å². The van der Waals surface area contributed by atoms with E-state index in [4.69, 9.17) is 6.42 Å². The number of thiophene rings is 1. The molecule has 1 heterocycles. The Hall–Kier alpha value is -1.07. The van der Waals surface area contributed by atoms with Gasteiger partial charge in [-0.1, -0.05) is 5.92 Å². The summed E-state index contributed by atoms with van der Waals surface area (Å²) in [6.45, 7) is 1.96. The summed E-state index contributed by atoms with van der Waals surface area (Å²) in [6.07, 6.45) is 5.22. The van der Waals surface area contributed by atoms with E-state index in [0.29, 0.717) is 0 Å². The molecule has 1 rings (SSSR count). The highest BCUT2D eigenvalue weighted by molar-refractivity contribution is 7.12. The van der Waals surface area contributed by atoms with E-state index >= 15 is 0 Å². The quantitative estimate of drug-likeness (QED) is 0.484. The smallest absolute Gasteiger partial charge is 0.184 e. The molecule has 0 aliphatic heterocycles. The molecule has 2 heteroatoms. The summed E-state index contributed by atoms with van der Waals surface area (Å²) in [6, 6.07) is 1.87. The van der Waals surface area contributed by atoms with Crippen LogP contribution in [0.4, 0.5) is 0 Å². The predicted molar refractivity (Wildman–Crippen MR) is 46.8 cm³/mol.